The van der Waals surface area contributed by atoms with Gasteiger partial charge in [0.05, 0.1) is 6.61 Å². The second kappa shape index (κ2) is 9.40. The molecule has 3 heterocycles. The normalized spacial score (nSPS) is 30.1. The molecule has 1 N–H and O–H groups in total. The maximum Gasteiger partial charge on any atom is 0.349 e. The van der Waals surface area contributed by atoms with Gasteiger partial charge in [0.1, 0.15) is 18.3 Å². The number of hydrogen-bond acceptors (Lipinski definition) is 7. The second-order valence-electron chi connectivity index (χ2n) is 10.4. The van der Waals surface area contributed by atoms with E-state index in [9.17, 15) is 9.90 Å². The molecule has 1 unspecified atom stereocenters. The zero-order valence-corrected chi connectivity index (χ0v) is 22.9. The molecule has 1 aromatic heterocycles. The van der Waals surface area contributed by atoms with Gasteiger partial charge in [0.15, 0.2) is 6.23 Å². The molecule has 2 aliphatic heterocycles. The standard InChI is InChI=1S/C22H40N2O6Si2/c1-13(2)31(14(3)4)27-12-18-20(29-32(30-31,15(5)6)16(7)8)19(25)21(28-18)24-11-10-17(9)23-22(24)26/h10-11,13-16,18-21,25H,12H2,1-9H3/t18-,19+,20?,21-/m1/s1. The van der Waals surface area contributed by atoms with Crippen molar-refractivity contribution < 1.29 is 22.8 Å². The summed E-state index contributed by atoms with van der Waals surface area (Å²) >= 11 is 0. The minimum atomic E-state index is -2.87. The second-order valence-corrected chi connectivity index (χ2v) is 19.2. The lowest BCUT2D eigenvalue weighted by atomic mass is 10.1. The van der Waals surface area contributed by atoms with Crippen LogP contribution in [0.3, 0.4) is 0 Å². The molecular formula is C22H40N2O6Si2. The number of rotatable bonds is 5. The zero-order chi connectivity index (χ0) is 24.0. The van der Waals surface area contributed by atoms with Crippen LogP contribution in [0.1, 0.15) is 67.3 Å². The first-order chi connectivity index (χ1) is 14.9. The Morgan fingerprint density at radius 1 is 1.03 bits per heavy atom. The van der Waals surface area contributed by atoms with Gasteiger partial charge in [-0.15, -0.1) is 0 Å². The fraction of sp³-hybridized carbons (Fsp3) is 0.818. The Labute approximate surface area is 193 Å². The predicted molar refractivity (Wildman–Crippen MR) is 127 cm³/mol. The van der Waals surface area contributed by atoms with Gasteiger partial charge in [0, 0.05) is 11.9 Å². The average Bonchev–Trinajstić information content (AvgIpc) is 2.96. The number of hydrogen-bond donors (Lipinski definition) is 1. The summed E-state index contributed by atoms with van der Waals surface area (Å²) in [4.78, 5) is 16.5. The molecule has 0 amide bonds. The summed E-state index contributed by atoms with van der Waals surface area (Å²) in [5.41, 5.74) is 0.892. The van der Waals surface area contributed by atoms with E-state index in [0.717, 1.165) is 0 Å². The van der Waals surface area contributed by atoms with E-state index in [0.29, 0.717) is 5.69 Å². The van der Waals surface area contributed by atoms with Crippen molar-refractivity contribution in [2.24, 2.45) is 0 Å². The summed E-state index contributed by atoms with van der Waals surface area (Å²) in [5, 5.41) is 11.3. The van der Waals surface area contributed by atoms with Gasteiger partial charge >= 0.3 is 22.8 Å². The predicted octanol–water partition coefficient (Wildman–Crippen LogP) is 3.77. The number of ether oxygens (including phenoxy) is 1. The highest BCUT2D eigenvalue weighted by Gasteiger charge is 2.61. The van der Waals surface area contributed by atoms with Gasteiger partial charge < -0.3 is 22.8 Å². The average molecular weight is 485 g/mol. The maximum atomic E-state index is 12.5. The van der Waals surface area contributed by atoms with Crippen LogP contribution in [-0.4, -0.2) is 56.7 Å². The van der Waals surface area contributed by atoms with Gasteiger partial charge in [0.25, 0.3) is 0 Å². The van der Waals surface area contributed by atoms with E-state index in [1.165, 1.54) is 4.57 Å². The molecule has 1 aromatic rings. The molecular weight excluding hydrogens is 444 g/mol. The molecule has 4 atom stereocenters. The minimum Gasteiger partial charge on any atom is -0.414 e. The Morgan fingerprint density at radius 2 is 1.59 bits per heavy atom. The van der Waals surface area contributed by atoms with Gasteiger partial charge in [-0.05, 0) is 35.2 Å². The van der Waals surface area contributed by atoms with Crippen molar-refractivity contribution in [1.82, 2.24) is 9.55 Å². The van der Waals surface area contributed by atoms with Crippen LogP contribution in [0.4, 0.5) is 0 Å². The van der Waals surface area contributed by atoms with E-state index in [4.69, 9.17) is 17.7 Å². The van der Waals surface area contributed by atoms with E-state index >= 15 is 0 Å². The SMILES string of the molecule is Cc1ccn([C@@H]2O[C@@H]3CO[Si](C(C)C)(C(C)C)O[Si](C(C)C)(C(C)C)OC3[C@@H]2O)c(=O)n1. The first kappa shape index (κ1) is 25.7. The van der Waals surface area contributed by atoms with Crippen molar-refractivity contribution in [3.8, 4) is 0 Å². The first-order valence-electron chi connectivity index (χ1n) is 11.8. The highest BCUT2D eigenvalue weighted by Crippen LogP contribution is 2.48. The Bertz CT molecular complexity index is 843. The highest BCUT2D eigenvalue weighted by atomic mass is 28.5. The number of aromatic nitrogens is 2. The van der Waals surface area contributed by atoms with E-state index in [2.05, 4.69) is 60.4 Å². The van der Waals surface area contributed by atoms with Gasteiger partial charge in [-0.1, -0.05) is 55.4 Å². The van der Waals surface area contributed by atoms with Gasteiger partial charge in [-0.25, -0.2) is 4.79 Å². The molecule has 8 nitrogen and oxygen atoms in total. The molecule has 2 saturated heterocycles. The Kier molecular flexibility index (Phi) is 7.56. The summed E-state index contributed by atoms with van der Waals surface area (Å²) in [7, 11) is -5.56. The molecule has 0 aliphatic carbocycles. The number of aliphatic hydroxyl groups excluding tert-OH is 1. The Hall–Kier alpha value is -0.886. The molecule has 10 heteroatoms. The monoisotopic (exact) mass is 484 g/mol. The number of nitrogens with zero attached hydrogens (tertiary/aromatic N) is 2. The fourth-order valence-corrected chi connectivity index (χ4v) is 16.3. The van der Waals surface area contributed by atoms with Crippen LogP contribution in [0.15, 0.2) is 17.1 Å². The lowest BCUT2D eigenvalue weighted by Gasteiger charge is -2.51. The van der Waals surface area contributed by atoms with Crippen LogP contribution in [-0.2, 0) is 17.7 Å². The molecule has 182 valence electrons. The van der Waals surface area contributed by atoms with Crippen LogP contribution in [0, 0.1) is 6.92 Å². The van der Waals surface area contributed by atoms with Gasteiger partial charge in [-0.3, -0.25) is 4.57 Å². The van der Waals surface area contributed by atoms with Crippen molar-refractivity contribution in [2.75, 3.05) is 6.61 Å². The smallest absolute Gasteiger partial charge is 0.349 e. The van der Waals surface area contributed by atoms with E-state index in [1.807, 2.05) is 0 Å². The Balaban J connectivity index is 2.07. The lowest BCUT2D eigenvalue weighted by molar-refractivity contribution is -0.0600. The van der Waals surface area contributed by atoms with Crippen LogP contribution in [0.2, 0.25) is 22.2 Å². The third kappa shape index (κ3) is 4.30. The zero-order valence-electron chi connectivity index (χ0n) is 20.9. The van der Waals surface area contributed by atoms with E-state index in [1.54, 1.807) is 19.2 Å². The minimum absolute atomic E-state index is 0.143. The van der Waals surface area contributed by atoms with Crippen molar-refractivity contribution in [1.29, 1.82) is 0 Å². The summed E-state index contributed by atoms with van der Waals surface area (Å²) < 4.78 is 28.3. The highest BCUT2D eigenvalue weighted by molar-refractivity contribution is 6.83. The maximum absolute atomic E-state index is 12.5. The van der Waals surface area contributed by atoms with E-state index < -0.39 is 47.4 Å². The molecule has 32 heavy (non-hydrogen) atoms. The van der Waals surface area contributed by atoms with Crippen LogP contribution >= 0.6 is 0 Å². The first-order valence-corrected chi connectivity index (χ1v) is 15.7. The summed E-state index contributed by atoms with van der Waals surface area (Å²) in [6.45, 7) is 19.2. The fourth-order valence-electron chi connectivity index (χ4n) is 5.06. The van der Waals surface area contributed by atoms with E-state index in [-0.39, 0.29) is 28.8 Å². The number of fused-ring (bicyclic) bond motifs is 1. The topological polar surface area (TPSA) is 92.0 Å². The molecule has 2 aliphatic rings. The summed E-state index contributed by atoms with van der Waals surface area (Å²) in [6.07, 6.45) is -1.44. The molecule has 0 radical (unpaired) electrons. The molecule has 0 saturated carbocycles. The Morgan fingerprint density at radius 3 is 2.09 bits per heavy atom. The van der Waals surface area contributed by atoms with Crippen molar-refractivity contribution in [3.05, 3.63) is 28.4 Å². The molecule has 0 bridgehead atoms. The third-order valence-corrected chi connectivity index (χ3v) is 17.1. The molecule has 3 rings (SSSR count). The largest absolute Gasteiger partial charge is 0.414 e. The van der Waals surface area contributed by atoms with Crippen LogP contribution in [0.25, 0.3) is 0 Å². The quantitative estimate of drug-likeness (QED) is 0.636. The van der Waals surface area contributed by atoms with Crippen LogP contribution in [0.5, 0.6) is 0 Å². The molecule has 0 aromatic carbocycles. The summed E-state index contributed by atoms with van der Waals surface area (Å²) in [5.74, 6) is 0. The van der Waals surface area contributed by atoms with Crippen molar-refractivity contribution >= 4 is 17.1 Å². The molecule has 2 fully saturated rings. The third-order valence-electron chi connectivity index (χ3n) is 6.88. The molecule has 0 spiro atoms. The number of aliphatic hydroxyl groups is 1. The van der Waals surface area contributed by atoms with Gasteiger partial charge in [-0.2, -0.15) is 4.98 Å². The summed E-state index contributed by atoms with van der Waals surface area (Å²) in [6, 6.07) is 1.73. The van der Waals surface area contributed by atoms with Crippen molar-refractivity contribution in [2.45, 2.75) is 109 Å². The van der Waals surface area contributed by atoms with Crippen LogP contribution < -0.4 is 5.69 Å². The lowest BCUT2D eigenvalue weighted by Crippen LogP contribution is -2.65. The van der Waals surface area contributed by atoms with Gasteiger partial charge in [0.2, 0.25) is 0 Å². The van der Waals surface area contributed by atoms with Crippen molar-refractivity contribution in [3.63, 3.8) is 0 Å². The number of aryl methyl sites for hydroxylation is 1.